The zero-order valence-electron chi connectivity index (χ0n) is 21.5. The van der Waals surface area contributed by atoms with Gasteiger partial charge in [0.25, 0.3) is 0 Å². The third-order valence-electron chi connectivity index (χ3n) is 9.93. The van der Waals surface area contributed by atoms with Gasteiger partial charge in [0.2, 0.25) is 0 Å². The molecule has 2 aromatic heterocycles. The van der Waals surface area contributed by atoms with E-state index in [-0.39, 0.29) is 0 Å². The Kier molecular flexibility index (Phi) is 7.26. The molecule has 0 unspecified atom stereocenters. The minimum absolute atomic E-state index is 0.608. The Morgan fingerprint density at radius 3 is 1.89 bits per heavy atom. The fraction of sp³-hybridized carbons (Fsp3) is 0.786. The van der Waals surface area contributed by atoms with E-state index in [0.717, 1.165) is 36.8 Å². The third kappa shape index (κ3) is 5.52. The summed E-state index contributed by atoms with van der Waals surface area (Å²) in [5, 5.41) is 0. The average Bonchev–Trinajstić information content (AvgIpc) is 3.69. The summed E-state index contributed by atoms with van der Waals surface area (Å²) < 4.78 is 0. The maximum atomic E-state index is 4.50. The standard InChI is InChI=1S/C28H45N7/c1-2-4-23(5-3-1)33-17-10-28(11-18-33)12-19-34(22-28)24-6-8-25(9-7-24)35(20-26-29-13-14-30-26)21-27-31-15-16-32-27/h13-16,23-25H,1-12,17-22H2,(H,29,30)(H,31,32). The van der Waals surface area contributed by atoms with Crippen molar-refractivity contribution in [3.63, 3.8) is 0 Å². The highest BCUT2D eigenvalue weighted by atomic mass is 15.2. The van der Waals surface area contributed by atoms with Crippen molar-refractivity contribution in [2.45, 2.75) is 108 Å². The number of H-pyrrole nitrogens is 2. The first-order chi connectivity index (χ1) is 17.3. The average molecular weight is 480 g/mol. The van der Waals surface area contributed by atoms with E-state index in [9.17, 15) is 0 Å². The fourth-order valence-electron chi connectivity index (χ4n) is 7.76. The molecule has 2 aliphatic heterocycles. The van der Waals surface area contributed by atoms with Crippen LogP contribution in [-0.4, -0.2) is 78.9 Å². The molecule has 0 radical (unpaired) electrons. The summed E-state index contributed by atoms with van der Waals surface area (Å²) in [5.74, 6) is 2.11. The molecule has 2 saturated heterocycles. The van der Waals surface area contributed by atoms with Crippen LogP contribution in [0.2, 0.25) is 0 Å². The van der Waals surface area contributed by atoms with Crippen LogP contribution in [-0.2, 0) is 13.1 Å². The Morgan fingerprint density at radius 1 is 0.743 bits per heavy atom. The van der Waals surface area contributed by atoms with Crippen LogP contribution in [0.3, 0.4) is 0 Å². The summed E-state index contributed by atoms with van der Waals surface area (Å²) in [6.45, 7) is 7.16. The fourth-order valence-corrected chi connectivity index (χ4v) is 7.76. The maximum Gasteiger partial charge on any atom is 0.120 e. The smallest absolute Gasteiger partial charge is 0.120 e. The van der Waals surface area contributed by atoms with Crippen molar-refractivity contribution in [3.8, 4) is 0 Å². The number of aromatic nitrogens is 4. The number of hydrogen-bond donors (Lipinski definition) is 2. The van der Waals surface area contributed by atoms with E-state index in [2.05, 4.69) is 34.6 Å². The van der Waals surface area contributed by atoms with Crippen LogP contribution < -0.4 is 0 Å². The Morgan fingerprint density at radius 2 is 1.31 bits per heavy atom. The van der Waals surface area contributed by atoms with Crippen LogP contribution in [0, 0.1) is 5.41 Å². The van der Waals surface area contributed by atoms with Crippen LogP contribution >= 0.6 is 0 Å². The molecule has 0 aromatic carbocycles. The lowest BCUT2D eigenvalue weighted by atomic mass is 9.76. The van der Waals surface area contributed by atoms with Gasteiger partial charge in [0, 0.05) is 49.5 Å². The molecule has 7 heteroatoms. The molecule has 0 bridgehead atoms. The molecule has 7 nitrogen and oxygen atoms in total. The molecule has 6 rings (SSSR count). The van der Waals surface area contributed by atoms with E-state index in [4.69, 9.17) is 0 Å². The number of nitrogens with zero attached hydrogens (tertiary/aromatic N) is 5. The highest BCUT2D eigenvalue weighted by Gasteiger charge is 2.44. The van der Waals surface area contributed by atoms with E-state index in [0.29, 0.717) is 11.5 Å². The molecule has 192 valence electrons. The van der Waals surface area contributed by atoms with Crippen molar-refractivity contribution in [3.05, 3.63) is 36.4 Å². The van der Waals surface area contributed by atoms with Crippen molar-refractivity contribution in [2.75, 3.05) is 26.2 Å². The molecule has 4 fully saturated rings. The van der Waals surface area contributed by atoms with Gasteiger partial charge < -0.3 is 14.9 Å². The molecule has 35 heavy (non-hydrogen) atoms. The zero-order chi connectivity index (χ0) is 23.5. The van der Waals surface area contributed by atoms with Gasteiger partial charge in [-0.25, -0.2) is 9.97 Å². The summed E-state index contributed by atoms with van der Waals surface area (Å²) >= 11 is 0. The van der Waals surface area contributed by atoms with E-state index in [1.807, 2.05) is 24.8 Å². The topological polar surface area (TPSA) is 67.1 Å². The second-order valence-corrected chi connectivity index (χ2v) is 12.0. The van der Waals surface area contributed by atoms with Gasteiger partial charge in [0.1, 0.15) is 11.6 Å². The molecule has 4 heterocycles. The monoisotopic (exact) mass is 479 g/mol. The second kappa shape index (κ2) is 10.7. The Bertz CT molecular complexity index is 836. The van der Waals surface area contributed by atoms with Crippen LogP contribution in [0.1, 0.15) is 88.7 Å². The molecule has 2 N–H and O–H groups in total. The van der Waals surface area contributed by atoms with Gasteiger partial charge in [0.15, 0.2) is 0 Å². The molecular weight excluding hydrogens is 434 g/mol. The zero-order valence-corrected chi connectivity index (χ0v) is 21.5. The van der Waals surface area contributed by atoms with Gasteiger partial charge in [0.05, 0.1) is 13.1 Å². The number of rotatable bonds is 7. The summed E-state index contributed by atoms with van der Waals surface area (Å²) in [6, 6.07) is 2.30. The van der Waals surface area contributed by atoms with E-state index in [1.165, 1.54) is 103 Å². The molecule has 1 spiro atoms. The molecule has 0 amide bonds. The number of likely N-dealkylation sites (tertiary alicyclic amines) is 2. The van der Waals surface area contributed by atoms with Gasteiger partial charge >= 0.3 is 0 Å². The minimum atomic E-state index is 0.608. The SMILES string of the molecule is c1c[nH]c(CN(Cc2ncc[nH]2)C2CCC(N3CCC4(CCN(C5CCCCC5)CC4)C3)CC2)n1. The van der Waals surface area contributed by atoms with Crippen molar-refractivity contribution in [2.24, 2.45) is 5.41 Å². The predicted octanol–water partition coefficient (Wildman–Crippen LogP) is 4.57. The quantitative estimate of drug-likeness (QED) is 0.609. The number of imidazole rings is 2. The maximum absolute atomic E-state index is 4.50. The normalized spacial score (nSPS) is 28.8. The van der Waals surface area contributed by atoms with Gasteiger partial charge in [-0.2, -0.15) is 0 Å². The summed E-state index contributed by atoms with van der Waals surface area (Å²) in [7, 11) is 0. The Balaban J connectivity index is 1.01. The van der Waals surface area contributed by atoms with Gasteiger partial charge in [-0.15, -0.1) is 0 Å². The molecule has 2 saturated carbocycles. The highest BCUT2D eigenvalue weighted by Crippen LogP contribution is 2.43. The minimum Gasteiger partial charge on any atom is -0.348 e. The Labute approximate surface area is 211 Å². The van der Waals surface area contributed by atoms with Crippen molar-refractivity contribution in [1.29, 1.82) is 0 Å². The van der Waals surface area contributed by atoms with Crippen molar-refractivity contribution < 1.29 is 0 Å². The van der Waals surface area contributed by atoms with E-state index < -0.39 is 0 Å². The number of hydrogen-bond acceptors (Lipinski definition) is 5. The first-order valence-corrected chi connectivity index (χ1v) is 14.5. The predicted molar refractivity (Wildman–Crippen MR) is 139 cm³/mol. The molecule has 2 aromatic rings. The molecule has 4 aliphatic rings. The largest absolute Gasteiger partial charge is 0.348 e. The first kappa shape index (κ1) is 23.7. The number of nitrogens with one attached hydrogen (secondary N) is 2. The van der Waals surface area contributed by atoms with E-state index in [1.54, 1.807) is 0 Å². The third-order valence-corrected chi connectivity index (χ3v) is 9.93. The van der Waals surface area contributed by atoms with Crippen LogP contribution in [0.4, 0.5) is 0 Å². The van der Waals surface area contributed by atoms with Gasteiger partial charge in [-0.05, 0) is 82.8 Å². The first-order valence-electron chi connectivity index (χ1n) is 14.5. The lowest BCUT2D eigenvalue weighted by Crippen LogP contribution is -2.48. The Hall–Kier alpha value is -1.70. The lowest BCUT2D eigenvalue weighted by Gasteiger charge is -2.44. The summed E-state index contributed by atoms with van der Waals surface area (Å²) in [5.41, 5.74) is 0.618. The lowest BCUT2D eigenvalue weighted by molar-refractivity contribution is 0.0509. The molecule has 0 atom stereocenters. The van der Waals surface area contributed by atoms with Crippen LogP contribution in [0.5, 0.6) is 0 Å². The van der Waals surface area contributed by atoms with Crippen molar-refractivity contribution in [1.82, 2.24) is 34.6 Å². The van der Waals surface area contributed by atoms with Gasteiger partial charge in [-0.1, -0.05) is 19.3 Å². The van der Waals surface area contributed by atoms with E-state index >= 15 is 0 Å². The highest BCUT2D eigenvalue weighted by molar-refractivity contribution is 4.99. The summed E-state index contributed by atoms with van der Waals surface area (Å²) in [4.78, 5) is 24.0. The molecule has 2 aliphatic carbocycles. The number of piperidine rings is 1. The summed E-state index contributed by atoms with van der Waals surface area (Å²) in [6.07, 6.45) is 24.4. The van der Waals surface area contributed by atoms with Crippen LogP contribution in [0.15, 0.2) is 24.8 Å². The molecular formula is C28H45N7. The van der Waals surface area contributed by atoms with Crippen LogP contribution in [0.25, 0.3) is 0 Å². The van der Waals surface area contributed by atoms with Crippen molar-refractivity contribution >= 4 is 0 Å². The second-order valence-electron chi connectivity index (χ2n) is 12.0. The van der Waals surface area contributed by atoms with Gasteiger partial charge in [-0.3, -0.25) is 9.80 Å². The number of aromatic amines is 2.